The molecule has 0 aliphatic rings. The quantitative estimate of drug-likeness (QED) is 0.704. The van der Waals surface area contributed by atoms with Crippen molar-refractivity contribution in [1.29, 1.82) is 5.26 Å². The number of nitrogens with zero attached hydrogens (tertiary/aromatic N) is 2. The van der Waals surface area contributed by atoms with Gasteiger partial charge in [-0.3, -0.25) is 0 Å². The minimum atomic E-state index is -0.124. The first-order chi connectivity index (χ1) is 6.43. The van der Waals surface area contributed by atoms with Gasteiger partial charge in [-0.15, -0.1) is 0 Å². The zero-order chi connectivity index (χ0) is 10.8. The standard InChI is InChI=1S/C10H14N2OS/c1-7(5-11)14-9-12-6-8(13-9)10(2,3)4/h6-7H,1-4H3. The SMILES string of the molecule is CC(C#N)Sc1ncc(C(C)(C)C)o1. The molecule has 1 heterocycles. The molecule has 0 amide bonds. The zero-order valence-electron chi connectivity index (χ0n) is 8.87. The Hall–Kier alpha value is -0.950. The monoisotopic (exact) mass is 210 g/mol. The van der Waals surface area contributed by atoms with Crippen LogP contribution in [0.2, 0.25) is 0 Å². The molecule has 0 spiro atoms. The van der Waals surface area contributed by atoms with Gasteiger partial charge in [-0.1, -0.05) is 20.8 Å². The van der Waals surface area contributed by atoms with E-state index in [0.717, 1.165) is 5.76 Å². The topological polar surface area (TPSA) is 49.8 Å². The number of thioether (sulfide) groups is 1. The van der Waals surface area contributed by atoms with E-state index in [1.54, 1.807) is 6.20 Å². The number of nitriles is 1. The van der Waals surface area contributed by atoms with E-state index in [1.165, 1.54) is 11.8 Å². The molecule has 76 valence electrons. The first-order valence-electron chi connectivity index (χ1n) is 4.46. The lowest BCUT2D eigenvalue weighted by Gasteiger charge is -2.12. The molecule has 1 atom stereocenters. The highest BCUT2D eigenvalue weighted by Gasteiger charge is 2.19. The normalized spacial score (nSPS) is 13.6. The predicted octanol–water partition coefficient (Wildman–Crippen LogP) is 2.98. The van der Waals surface area contributed by atoms with Crippen LogP contribution in [-0.2, 0) is 5.41 Å². The van der Waals surface area contributed by atoms with Crippen LogP contribution in [0.15, 0.2) is 15.8 Å². The molecule has 0 aliphatic heterocycles. The second-order valence-electron chi connectivity index (χ2n) is 4.13. The third-order valence-corrected chi connectivity index (χ3v) is 2.53. The van der Waals surface area contributed by atoms with Crippen LogP contribution in [0.4, 0.5) is 0 Å². The molecule has 14 heavy (non-hydrogen) atoms. The van der Waals surface area contributed by atoms with Crippen molar-refractivity contribution in [2.24, 2.45) is 0 Å². The predicted molar refractivity (Wildman–Crippen MR) is 56.1 cm³/mol. The van der Waals surface area contributed by atoms with Gasteiger partial charge < -0.3 is 4.42 Å². The second kappa shape index (κ2) is 4.05. The van der Waals surface area contributed by atoms with Crippen molar-refractivity contribution in [3.63, 3.8) is 0 Å². The van der Waals surface area contributed by atoms with E-state index in [-0.39, 0.29) is 10.7 Å². The lowest BCUT2D eigenvalue weighted by molar-refractivity contribution is 0.355. The van der Waals surface area contributed by atoms with E-state index in [1.807, 2.05) is 6.92 Å². The lowest BCUT2D eigenvalue weighted by atomic mass is 9.94. The van der Waals surface area contributed by atoms with Crippen LogP contribution >= 0.6 is 11.8 Å². The highest BCUT2D eigenvalue weighted by atomic mass is 32.2. The maximum Gasteiger partial charge on any atom is 0.257 e. The van der Waals surface area contributed by atoms with E-state index in [4.69, 9.17) is 9.68 Å². The van der Waals surface area contributed by atoms with Crippen LogP contribution in [0.25, 0.3) is 0 Å². The number of hydrogen-bond acceptors (Lipinski definition) is 4. The molecule has 0 N–H and O–H groups in total. The molecule has 0 aromatic carbocycles. The van der Waals surface area contributed by atoms with Crippen LogP contribution in [0.3, 0.4) is 0 Å². The Morgan fingerprint density at radius 2 is 2.21 bits per heavy atom. The summed E-state index contributed by atoms with van der Waals surface area (Å²) in [6, 6.07) is 2.12. The second-order valence-corrected chi connectivity index (χ2v) is 5.42. The van der Waals surface area contributed by atoms with Gasteiger partial charge in [-0.25, -0.2) is 4.98 Å². The molecule has 1 aromatic heterocycles. The Balaban J connectivity index is 2.75. The van der Waals surface area contributed by atoms with Gasteiger partial charge in [0.2, 0.25) is 0 Å². The van der Waals surface area contributed by atoms with Gasteiger partial charge >= 0.3 is 0 Å². The fourth-order valence-electron chi connectivity index (χ4n) is 0.837. The van der Waals surface area contributed by atoms with Gasteiger partial charge in [0.05, 0.1) is 17.5 Å². The van der Waals surface area contributed by atoms with Crippen molar-refractivity contribution >= 4 is 11.8 Å². The maximum absolute atomic E-state index is 8.62. The lowest BCUT2D eigenvalue weighted by Crippen LogP contribution is -2.09. The van der Waals surface area contributed by atoms with Gasteiger partial charge in [0.15, 0.2) is 0 Å². The smallest absolute Gasteiger partial charge is 0.257 e. The van der Waals surface area contributed by atoms with Gasteiger partial charge in [-0.2, -0.15) is 5.26 Å². The summed E-state index contributed by atoms with van der Waals surface area (Å²) in [6.07, 6.45) is 1.73. The Labute approximate surface area is 88.5 Å². The largest absolute Gasteiger partial charge is 0.436 e. The molecule has 0 radical (unpaired) electrons. The van der Waals surface area contributed by atoms with Gasteiger partial charge in [0, 0.05) is 5.41 Å². The van der Waals surface area contributed by atoms with Gasteiger partial charge in [0.25, 0.3) is 5.22 Å². The molecule has 1 aromatic rings. The summed E-state index contributed by atoms with van der Waals surface area (Å²) in [6.45, 7) is 8.02. The average Bonchev–Trinajstić information content (AvgIpc) is 2.51. The van der Waals surface area contributed by atoms with E-state index in [0.29, 0.717) is 5.22 Å². The minimum Gasteiger partial charge on any atom is -0.436 e. The van der Waals surface area contributed by atoms with Crippen LogP contribution in [-0.4, -0.2) is 10.2 Å². The third kappa shape index (κ3) is 2.78. The highest BCUT2D eigenvalue weighted by Crippen LogP contribution is 2.28. The molecule has 3 nitrogen and oxygen atoms in total. The van der Waals surface area contributed by atoms with E-state index in [2.05, 4.69) is 31.8 Å². The van der Waals surface area contributed by atoms with Crippen molar-refractivity contribution < 1.29 is 4.42 Å². The van der Waals surface area contributed by atoms with Crippen molar-refractivity contribution in [3.8, 4) is 6.07 Å². The van der Waals surface area contributed by atoms with Crippen LogP contribution in [0.1, 0.15) is 33.5 Å². The van der Waals surface area contributed by atoms with Crippen molar-refractivity contribution in [3.05, 3.63) is 12.0 Å². The van der Waals surface area contributed by atoms with Crippen molar-refractivity contribution in [1.82, 2.24) is 4.98 Å². The number of hydrogen-bond donors (Lipinski definition) is 0. The molecule has 1 unspecified atom stereocenters. The molecule has 0 fully saturated rings. The molecular formula is C10H14N2OS. The Bertz CT molecular complexity index is 346. The van der Waals surface area contributed by atoms with Crippen LogP contribution in [0, 0.1) is 11.3 Å². The zero-order valence-corrected chi connectivity index (χ0v) is 9.68. The van der Waals surface area contributed by atoms with Crippen LogP contribution in [0.5, 0.6) is 0 Å². The maximum atomic E-state index is 8.62. The van der Waals surface area contributed by atoms with E-state index >= 15 is 0 Å². The van der Waals surface area contributed by atoms with Gasteiger partial charge in [-0.05, 0) is 18.7 Å². The molecule has 4 heteroatoms. The number of aromatic nitrogens is 1. The summed E-state index contributed by atoms with van der Waals surface area (Å²) in [7, 11) is 0. The Morgan fingerprint density at radius 3 is 2.64 bits per heavy atom. The first kappa shape index (κ1) is 11.1. The Morgan fingerprint density at radius 1 is 1.57 bits per heavy atom. The van der Waals surface area contributed by atoms with Crippen molar-refractivity contribution in [2.75, 3.05) is 0 Å². The molecule has 0 aliphatic carbocycles. The fourth-order valence-corrected chi connectivity index (χ4v) is 1.44. The first-order valence-corrected chi connectivity index (χ1v) is 5.34. The summed E-state index contributed by atoms with van der Waals surface area (Å²) >= 11 is 1.34. The van der Waals surface area contributed by atoms with Crippen molar-refractivity contribution in [2.45, 2.75) is 43.6 Å². The van der Waals surface area contributed by atoms with E-state index in [9.17, 15) is 0 Å². The fraction of sp³-hybridized carbons (Fsp3) is 0.600. The molecular weight excluding hydrogens is 196 g/mol. The molecule has 0 saturated heterocycles. The highest BCUT2D eigenvalue weighted by molar-refractivity contribution is 7.99. The number of rotatable bonds is 2. The minimum absolute atomic E-state index is 0.0261. The molecule has 0 saturated carbocycles. The molecule has 1 rings (SSSR count). The summed E-state index contributed by atoms with van der Waals surface area (Å²) in [5, 5.41) is 9.07. The summed E-state index contributed by atoms with van der Waals surface area (Å²) in [5.74, 6) is 0.852. The van der Waals surface area contributed by atoms with E-state index < -0.39 is 0 Å². The number of oxazole rings is 1. The van der Waals surface area contributed by atoms with Gasteiger partial charge in [0.1, 0.15) is 5.76 Å². The third-order valence-electron chi connectivity index (χ3n) is 1.68. The van der Waals surface area contributed by atoms with Crippen LogP contribution < -0.4 is 0 Å². The average molecular weight is 210 g/mol. The summed E-state index contributed by atoms with van der Waals surface area (Å²) in [4.78, 5) is 4.12. The summed E-state index contributed by atoms with van der Waals surface area (Å²) < 4.78 is 5.52. The summed E-state index contributed by atoms with van der Waals surface area (Å²) in [5.41, 5.74) is -0.0261. The molecule has 0 bridgehead atoms. The Kier molecular flexibility index (Phi) is 3.22.